The number of nitrogens with one attached hydrogen (secondary N) is 1. The zero-order chi connectivity index (χ0) is 18.0. The zero-order valence-corrected chi connectivity index (χ0v) is 14.0. The lowest BCUT2D eigenvalue weighted by Gasteiger charge is -2.29. The third-order valence-electron chi connectivity index (χ3n) is 4.11. The predicted molar refractivity (Wildman–Crippen MR) is 94.2 cm³/mol. The lowest BCUT2D eigenvalue weighted by molar-refractivity contribution is -0.123. The summed E-state index contributed by atoms with van der Waals surface area (Å²) in [5.74, 6) is -0.160. The maximum absolute atomic E-state index is 12.5. The van der Waals surface area contributed by atoms with Gasteiger partial charge in [0.25, 0.3) is 5.91 Å². The Morgan fingerprint density at radius 2 is 1.96 bits per heavy atom. The van der Waals surface area contributed by atoms with Crippen molar-refractivity contribution in [2.24, 2.45) is 0 Å². The third kappa shape index (κ3) is 3.38. The smallest absolute Gasteiger partial charge is 0.265 e. The summed E-state index contributed by atoms with van der Waals surface area (Å²) in [5.41, 5.74) is 3.49. The van der Waals surface area contributed by atoms with E-state index in [4.69, 9.17) is 4.74 Å². The van der Waals surface area contributed by atoms with Gasteiger partial charge in [-0.1, -0.05) is 18.2 Å². The van der Waals surface area contributed by atoms with Gasteiger partial charge in [0.1, 0.15) is 18.6 Å². The molecule has 0 fully saturated rings. The number of benzene rings is 2. The van der Waals surface area contributed by atoms with Crippen molar-refractivity contribution in [3.8, 4) is 5.75 Å². The minimum absolute atomic E-state index is 0.135. The Kier molecular flexibility index (Phi) is 4.52. The molecule has 0 aliphatic carbocycles. The van der Waals surface area contributed by atoms with Crippen LogP contribution in [0.1, 0.15) is 21.5 Å². The summed E-state index contributed by atoms with van der Waals surface area (Å²) < 4.78 is 5.36. The van der Waals surface area contributed by atoms with Gasteiger partial charge in [-0.3, -0.25) is 19.3 Å². The molecule has 25 heavy (non-hydrogen) atoms. The quantitative estimate of drug-likeness (QED) is 0.869. The van der Waals surface area contributed by atoms with Crippen LogP contribution in [0.2, 0.25) is 0 Å². The summed E-state index contributed by atoms with van der Waals surface area (Å²) in [5, 5.41) is 2.86. The molecule has 6 nitrogen and oxygen atoms in total. The highest BCUT2D eigenvalue weighted by atomic mass is 16.5. The fraction of sp³-hybridized carbons (Fsp3) is 0.211. The van der Waals surface area contributed by atoms with E-state index in [1.807, 2.05) is 32.0 Å². The van der Waals surface area contributed by atoms with Crippen molar-refractivity contribution >= 4 is 29.5 Å². The van der Waals surface area contributed by atoms with Crippen molar-refractivity contribution in [3.05, 3.63) is 53.1 Å². The van der Waals surface area contributed by atoms with Gasteiger partial charge in [0, 0.05) is 11.3 Å². The van der Waals surface area contributed by atoms with Crippen LogP contribution >= 0.6 is 0 Å². The largest absolute Gasteiger partial charge is 0.482 e. The van der Waals surface area contributed by atoms with Crippen LogP contribution < -0.4 is 15.0 Å². The first-order valence-electron chi connectivity index (χ1n) is 7.88. The second kappa shape index (κ2) is 6.76. The van der Waals surface area contributed by atoms with Crippen LogP contribution in [-0.4, -0.2) is 31.3 Å². The average molecular weight is 338 g/mol. The number of aryl methyl sites for hydroxylation is 2. The van der Waals surface area contributed by atoms with Crippen molar-refractivity contribution in [1.82, 2.24) is 0 Å². The van der Waals surface area contributed by atoms with Gasteiger partial charge in [0.05, 0.1) is 5.69 Å². The molecule has 3 rings (SSSR count). The van der Waals surface area contributed by atoms with Gasteiger partial charge in [-0.25, -0.2) is 0 Å². The SMILES string of the molecule is Cc1cccc(C)c1NC(=O)CN1C(=O)COc2ccc(C=O)cc21. The molecule has 0 atom stereocenters. The summed E-state index contributed by atoms with van der Waals surface area (Å²) in [7, 11) is 0. The standard InChI is InChI=1S/C19H18N2O4/c1-12-4-3-5-13(2)19(12)20-17(23)9-21-15-8-14(10-22)6-7-16(15)25-11-18(21)24/h3-8,10H,9,11H2,1-2H3,(H,20,23). The topological polar surface area (TPSA) is 75.7 Å². The number of amides is 2. The highest BCUT2D eigenvalue weighted by Gasteiger charge is 2.27. The van der Waals surface area contributed by atoms with E-state index >= 15 is 0 Å². The summed E-state index contributed by atoms with van der Waals surface area (Å²) in [6.07, 6.45) is 0.689. The van der Waals surface area contributed by atoms with Crippen molar-refractivity contribution in [2.75, 3.05) is 23.4 Å². The first-order chi connectivity index (χ1) is 12.0. The molecule has 2 amide bonds. The Morgan fingerprint density at radius 3 is 2.64 bits per heavy atom. The first-order valence-corrected chi connectivity index (χ1v) is 7.88. The van der Waals surface area contributed by atoms with Crippen LogP contribution in [0.15, 0.2) is 36.4 Å². The number of hydrogen-bond acceptors (Lipinski definition) is 4. The number of fused-ring (bicyclic) bond motifs is 1. The molecular formula is C19H18N2O4. The monoisotopic (exact) mass is 338 g/mol. The van der Waals surface area contributed by atoms with Crippen LogP contribution in [0.3, 0.4) is 0 Å². The number of aldehydes is 1. The van der Waals surface area contributed by atoms with Gasteiger partial charge in [-0.15, -0.1) is 0 Å². The van der Waals surface area contributed by atoms with E-state index in [2.05, 4.69) is 5.32 Å². The zero-order valence-electron chi connectivity index (χ0n) is 14.0. The third-order valence-corrected chi connectivity index (χ3v) is 4.11. The van der Waals surface area contributed by atoms with E-state index in [1.165, 1.54) is 4.90 Å². The van der Waals surface area contributed by atoms with E-state index in [9.17, 15) is 14.4 Å². The van der Waals surface area contributed by atoms with Gasteiger partial charge >= 0.3 is 0 Å². The van der Waals surface area contributed by atoms with E-state index in [0.29, 0.717) is 23.3 Å². The summed E-state index contributed by atoms with van der Waals surface area (Å²) in [6, 6.07) is 10.5. The molecular weight excluding hydrogens is 320 g/mol. The van der Waals surface area contributed by atoms with Crippen molar-refractivity contribution in [2.45, 2.75) is 13.8 Å². The van der Waals surface area contributed by atoms with Gasteiger partial charge < -0.3 is 10.1 Å². The van der Waals surface area contributed by atoms with Gasteiger partial charge in [0.15, 0.2) is 6.61 Å². The molecule has 0 spiro atoms. The number of nitrogens with zero attached hydrogens (tertiary/aromatic N) is 1. The number of ether oxygens (including phenoxy) is 1. The highest BCUT2D eigenvalue weighted by molar-refractivity contribution is 6.05. The minimum atomic E-state index is -0.327. The Hall–Kier alpha value is -3.15. The molecule has 0 unspecified atom stereocenters. The van der Waals surface area contributed by atoms with E-state index in [-0.39, 0.29) is 25.0 Å². The normalized spacial score (nSPS) is 13.0. The fourth-order valence-electron chi connectivity index (χ4n) is 2.80. The fourth-order valence-corrected chi connectivity index (χ4v) is 2.80. The average Bonchev–Trinajstić information content (AvgIpc) is 2.60. The minimum Gasteiger partial charge on any atom is -0.482 e. The van der Waals surface area contributed by atoms with Crippen molar-refractivity contribution < 1.29 is 19.1 Å². The molecule has 2 aromatic rings. The Balaban J connectivity index is 1.84. The van der Waals surface area contributed by atoms with Crippen LogP contribution in [0.25, 0.3) is 0 Å². The lowest BCUT2D eigenvalue weighted by atomic mass is 10.1. The van der Waals surface area contributed by atoms with Gasteiger partial charge in [0.2, 0.25) is 5.91 Å². The molecule has 0 bridgehead atoms. The maximum atomic E-state index is 12.5. The second-order valence-corrected chi connectivity index (χ2v) is 5.93. The van der Waals surface area contributed by atoms with Gasteiger partial charge in [-0.2, -0.15) is 0 Å². The summed E-state index contributed by atoms with van der Waals surface area (Å²) in [4.78, 5) is 37.0. The van der Waals surface area contributed by atoms with Crippen molar-refractivity contribution in [1.29, 1.82) is 0 Å². The van der Waals surface area contributed by atoms with E-state index in [0.717, 1.165) is 16.8 Å². The van der Waals surface area contributed by atoms with Crippen molar-refractivity contribution in [3.63, 3.8) is 0 Å². The van der Waals surface area contributed by atoms with Crippen LogP contribution in [0.4, 0.5) is 11.4 Å². The lowest BCUT2D eigenvalue weighted by Crippen LogP contribution is -2.43. The molecule has 1 aliphatic heterocycles. The number of hydrogen-bond donors (Lipinski definition) is 1. The number of anilines is 2. The maximum Gasteiger partial charge on any atom is 0.265 e. The molecule has 1 N–H and O–H groups in total. The number of rotatable bonds is 4. The number of carbonyl (C=O) groups excluding carboxylic acids is 3. The van der Waals surface area contributed by atoms with Crippen LogP contribution in [0, 0.1) is 13.8 Å². The first kappa shape index (κ1) is 16.7. The Morgan fingerprint density at radius 1 is 1.24 bits per heavy atom. The molecule has 2 aromatic carbocycles. The molecule has 1 heterocycles. The number of para-hydroxylation sites is 1. The summed E-state index contributed by atoms with van der Waals surface area (Å²) >= 11 is 0. The molecule has 128 valence electrons. The highest BCUT2D eigenvalue weighted by Crippen LogP contribution is 2.32. The number of carbonyl (C=O) groups is 3. The van der Waals surface area contributed by atoms with Gasteiger partial charge in [-0.05, 0) is 43.2 Å². The Labute approximate surface area is 145 Å². The summed E-state index contributed by atoms with van der Waals surface area (Å²) in [6.45, 7) is 3.54. The molecule has 6 heteroatoms. The van der Waals surface area contributed by atoms with Crippen LogP contribution in [0.5, 0.6) is 5.75 Å². The molecule has 0 saturated carbocycles. The molecule has 0 aromatic heterocycles. The van der Waals surface area contributed by atoms with E-state index < -0.39 is 0 Å². The molecule has 0 radical (unpaired) electrons. The second-order valence-electron chi connectivity index (χ2n) is 5.93. The van der Waals surface area contributed by atoms with Crippen LogP contribution in [-0.2, 0) is 9.59 Å². The predicted octanol–water partition coefficient (Wildman–Crippen LogP) is 2.48. The Bertz CT molecular complexity index is 840. The molecule has 0 saturated heterocycles. The van der Waals surface area contributed by atoms with E-state index in [1.54, 1.807) is 18.2 Å². The molecule has 1 aliphatic rings.